The van der Waals surface area contributed by atoms with Gasteiger partial charge >= 0.3 is 0 Å². The van der Waals surface area contributed by atoms with Crippen LogP contribution in [0.25, 0.3) is 0 Å². The normalized spacial score (nSPS) is 24.0. The first kappa shape index (κ1) is 17.1. The van der Waals surface area contributed by atoms with E-state index in [1.807, 2.05) is 27.7 Å². The molecule has 1 fully saturated rings. The summed E-state index contributed by atoms with van der Waals surface area (Å²) >= 11 is 3.24. The maximum Gasteiger partial charge on any atom is 0.265 e. The van der Waals surface area contributed by atoms with Gasteiger partial charge in [-0.15, -0.1) is 0 Å². The van der Waals surface area contributed by atoms with Crippen LogP contribution in [0.15, 0.2) is 27.6 Å². The highest BCUT2D eigenvalue weighted by atomic mass is 79.9. The first-order valence-corrected chi connectivity index (χ1v) is 9.62. The summed E-state index contributed by atoms with van der Waals surface area (Å²) in [4.78, 5) is -0.0425. The van der Waals surface area contributed by atoms with Gasteiger partial charge in [-0.25, -0.2) is 8.42 Å². The summed E-state index contributed by atoms with van der Waals surface area (Å²) in [7, 11) is 1.60. The minimum atomic E-state index is -3.89. The van der Waals surface area contributed by atoms with Crippen LogP contribution >= 0.6 is 26.6 Å². The molecule has 1 saturated heterocycles. The topological polar surface area (TPSA) is 52.6 Å². The van der Waals surface area contributed by atoms with E-state index in [0.29, 0.717) is 10.9 Å². The lowest BCUT2D eigenvalue weighted by Gasteiger charge is -2.27. The Morgan fingerprint density at radius 2 is 1.95 bits per heavy atom. The molecule has 0 saturated carbocycles. The standard InChI is InChI=1S/C14H18BrClO4S/c1-13(2)8-12(14(3,4)20-13)19-10-6-5-9(15)7-11(10)21(16,17)18/h5-7,12H,8H2,1-4H3. The maximum absolute atomic E-state index is 11.7. The lowest BCUT2D eigenvalue weighted by Crippen LogP contribution is -2.37. The molecular weight excluding hydrogens is 380 g/mol. The molecule has 7 heteroatoms. The van der Waals surface area contributed by atoms with Crippen molar-refractivity contribution in [1.29, 1.82) is 0 Å². The first-order valence-electron chi connectivity index (χ1n) is 6.52. The molecule has 0 N–H and O–H groups in total. The van der Waals surface area contributed by atoms with E-state index in [0.717, 1.165) is 0 Å². The zero-order chi connectivity index (χ0) is 16.1. The fraction of sp³-hybridized carbons (Fsp3) is 0.571. The summed E-state index contributed by atoms with van der Waals surface area (Å²) in [5.74, 6) is 0.243. The molecule has 1 unspecified atom stereocenters. The van der Waals surface area contributed by atoms with Crippen LogP contribution in [0, 0.1) is 0 Å². The Morgan fingerprint density at radius 1 is 1.33 bits per heavy atom. The highest BCUT2D eigenvalue weighted by molar-refractivity contribution is 9.10. The zero-order valence-corrected chi connectivity index (χ0v) is 15.5. The maximum atomic E-state index is 11.7. The van der Waals surface area contributed by atoms with E-state index < -0.39 is 14.7 Å². The Bertz CT molecular complexity index is 655. The van der Waals surface area contributed by atoms with E-state index in [1.165, 1.54) is 6.07 Å². The van der Waals surface area contributed by atoms with Gasteiger partial charge < -0.3 is 9.47 Å². The molecule has 1 aromatic carbocycles. The molecule has 1 atom stereocenters. The number of ether oxygens (including phenoxy) is 2. The van der Waals surface area contributed by atoms with E-state index in [9.17, 15) is 8.42 Å². The number of hydrogen-bond donors (Lipinski definition) is 0. The van der Waals surface area contributed by atoms with Crippen molar-refractivity contribution in [3.05, 3.63) is 22.7 Å². The summed E-state index contributed by atoms with van der Waals surface area (Å²) in [6.45, 7) is 7.83. The molecular formula is C14H18BrClO4S. The zero-order valence-electron chi connectivity index (χ0n) is 12.3. The fourth-order valence-corrected chi connectivity index (χ4v) is 4.12. The fourth-order valence-electron chi connectivity index (χ4n) is 2.62. The lowest BCUT2D eigenvalue weighted by atomic mass is 9.97. The van der Waals surface area contributed by atoms with Gasteiger partial charge in [-0.3, -0.25) is 0 Å². The summed E-state index contributed by atoms with van der Waals surface area (Å²) in [6, 6.07) is 4.75. The van der Waals surface area contributed by atoms with Crippen LogP contribution in [0.3, 0.4) is 0 Å². The second-order valence-electron chi connectivity index (χ2n) is 6.30. The number of rotatable bonds is 3. The molecule has 0 aliphatic carbocycles. The molecule has 4 nitrogen and oxygen atoms in total. The smallest absolute Gasteiger partial charge is 0.265 e. The Balaban J connectivity index is 2.37. The van der Waals surface area contributed by atoms with E-state index in [-0.39, 0.29) is 22.4 Å². The minimum Gasteiger partial charge on any atom is -0.486 e. The molecule has 0 amide bonds. The Labute approximate surface area is 138 Å². The average molecular weight is 398 g/mol. The Hall–Kier alpha value is -0.300. The third-order valence-corrected chi connectivity index (χ3v) is 5.27. The monoisotopic (exact) mass is 396 g/mol. The van der Waals surface area contributed by atoms with Crippen molar-refractivity contribution in [3.63, 3.8) is 0 Å². The highest BCUT2D eigenvalue weighted by Gasteiger charge is 2.47. The molecule has 1 aliphatic heterocycles. The van der Waals surface area contributed by atoms with Gasteiger partial charge in [-0.05, 0) is 45.9 Å². The lowest BCUT2D eigenvalue weighted by molar-refractivity contribution is -0.0848. The molecule has 0 aromatic heterocycles. The van der Waals surface area contributed by atoms with Gasteiger partial charge in [-0.1, -0.05) is 15.9 Å². The number of benzene rings is 1. The van der Waals surface area contributed by atoms with E-state index in [1.54, 1.807) is 12.1 Å². The first-order chi connectivity index (χ1) is 9.41. The van der Waals surface area contributed by atoms with Crippen LogP contribution in [-0.2, 0) is 13.8 Å². The van der Waals surface area contributed by atoms with E-state index in [4.69, 9.17) is 20.2 Å². The minimum absolute atomic E-state index is 0.0425. The summed E-state index contributed by atoms with van der Waals surface area (Å²) in [5.41, 5.74) is -0.826. The van der Waals surface area contributed by atoms with Crippen LogP contribution < -0.4 is 4.74 Å². The molecule has 1 aliphatic rings. The summed E-state index contributed by atoms with van der Waals surface area (Å²) in [6.07, 6.45) is 0.406. The van der Waals surface area contributed by atoms with Crippen LogP contribution in [0.1, 0.15) is 34.1 Å². The van der Waals surface area contributed by atoms with Crippen molar-refractivity contribution in [2.24, 2.45) is 0 Å². The van der Waals surface area contributed by atoms with Crippen LogP contribution in [-0.4, -0.2) is 25.7 Å². The third-order valence-electron chi connectivity index (χ3n) is 3.43. The molecule has 0 bridgehead atoms. The largest absolute Gasteiger partial charge is 0.486 e. The predicted molar refractivity (Wildman–Crippen MR) is 85.5 cm³/mol. The van der Waals surface area contributed by atoms with Crippen molar-refractivity contribution in [3.8, 4) is 5.75 Å². The highest BCUT2D eigenvalue weighted by Crippen LogP contribution is 2.41. The van der Waals surface area contributed by atoms with Gasteiger partial charge in [0.05, 0.1) is 5.60 Å². The molecule has 2 rings (SSSR count). The van der Waals surface area contributed by atoms with Crippen molar-refractivity contribution in [2.45, 2.75) is 56.3 Å². The SMILES string of the molecule is CC1(C)CC(Oc2ccc(Br)cc2S(=O)(=O)Cl)C(C)(C)O1. The van der Waals surface area contributed by atoms with Crippen LogP contribution in [0.2, 0.25) is 0 Å². The van der Waals surface area contributed by atoms with Crippen molar-refractivity contribution in [1.82, 2.24) is 0 Å². The van der Waals surface area contributed by atoms with E-state index >= 15 is 0 Å². The van der Waals surface area contributed by atoms with Crippen molar-refractivity contribution < 1.29 is 17.9 Å². The summed E-state index contributed by atoms with van der Waals surface area (Å²) in [5, 5.41) is 0. The van der Waals surface area contributed by atoms with Crippen molar-refractivity contribution >= 4 is 35.7 Å². The number of halogens is 2. The van der Waals surface area contributed by atoms with Gasteiger partial charge in [0, 0.05) is 21.6 Å². The molecule has 0 spiro atoms. The predicted octanol–water partition coefficient (Wildman–Crippen LogP) is 4.10. The Kier molecular flexibility index (Phi) is 4.39. The average Bonchev–Trinajstić information content (AvgIpc) is 2.47. The van der Waals surface area contributed by atoms with E-state index in [2.05, 4.69) is 15.9 Å². The molecule has 1 heterocycles. The molecule has 21 heavy (non-hydrogen) atoms. The van der Waals surface area contributed by atoms with Gasteiger partial charge in [0.25, 0.3) is 9.05 Å². The van der Waals surface area contributed by atoms with Crippen molar-refractivity contribution in [2.75, 3.05) is 0 Å². The van der Waals surface area contributed by atoms with Gasteiger partial charge in [0.15, 0.2) is 0 Å². The quantitative estimate of drug-likeness (QED) is 0.721. The molecule has 1 aromatic rings. The summed E-state index contributed by atoms with van der Waals surface area (Å²) < 4.78 is 35.9. The van der Waals surface area contributed by atoms with Gasteiger partial charge in [0.1, 0.15) is 22.4 Å². The van der Waals surface area contributed by atoms with Gasteiger partial charge in [0.2, 0.25) is 0 Å². The number of hydrogen-bond acceptors (Lipinski definition) is 4. The Morgan fingerprint density at radius 3 is 2.43 bits per heavy atom. The second-order valence-corrected chi connectivity index (χ2v) is 9.75. The second kappa shape index (κ2) is 5.41. The van der Waals surface area contributed by atoms with Gasteiger partial charge in [-0.2, -0.15) is 0 Å². The molecule has 118 valence electrons. The van der Waals surface area contributed by atoms with Crippen LogP contribution in [0.4, 0.5) is 0 Å². The van der Waals surface area contributed by atoms with Crippen LogP contribution in [0.5, 0.6) is 5.75 Å². The third kappa shape index (κ3) is 3.92. The molecule has 0 radical (unpaired) electrons.